The van der Waals surface area contributed by atoms with Crippen LogP contribution in [0.2, 0.25) is 0 Å². The van der Waals surface area contributed by atoms with E-state index < -0.39 is 0 Å². The van der Waals surface area contributed by atoms with Gasteiger partial charge in [-0.05, 0) is 19.3 Å². The van der Waals surface area contributed by atoms with E-state index in [1.54, 1.807) is 0 Å². The normalized spacial score (nSPS) is 9.80. The monoisotopic (exact) mass is 140 g/mol. The van der Waals surface area contributed by atoms with Crippen LogP contribution in [0.4, 0.5) is 0 Å². The van der Waals surface area contributed by atoms with Gasteiger partial charge in [0.1, 0.15) is 0 Å². The van der Waals surface area contributed by atoms with E-state index in [0.717, 1.165) is 6.42 Å². The molecule has 0 atom stereocenters. The minimum atomic E-state index is 1.16. The standard InChI is InChI=1S/C10H20/c1-4-6-7-8-9-10(3)5-2/h3-9H2,1-2H3. The third-order valence-corrected chi connectivity index (χ3v) is 1.88. The lowest BCUT2D eigenvalue weighted by Crippen LogP contribution is -1.80. The quantitative estimate of drug-likeness (QED) is 0.387. The lowest BCUT2D eigenvalue weighted by atomic mass is 10.1. The van der Waals surface area contributed by atoms with Gasteiger partial charge >= 0.3 is 0 Å². The lowest BCUT2D eigenvalue weighted by molar-refractivity contribution is 0.658. The third-order valence-electron chi connectivity index (χ3n) is 1.88. The Morgan fingerprint density at radius 3 is 2.30 bits per heavy atom. The van der Waals surface area contributed by atoms with Gasteiger partial charge in [0.05, 0.1) is 0 Å². The highest BCUT2D eigenvalue weighted by molar-refractivity contribution is 4.91. The summed E-state index contributed by atoms with van der Waals surface area (Å²) in [6.45, 7) is 8.40. The molecule has 0 aliphatic heterocycles. The van der Waals surface area contributed by atoms with Gasteiger partial charge in [-0.15, -0.1) is 0 Å². The van der Waals surface area contributed by atoms with Crippen LogP contribution in [-0.2, 0) is 0 Å². The largest absolute Gasteiger partial charge is 0.0999 e. The van der Waals surface area contributed by atoms with Gasteiger partial charge in [-0.3, -0.25) is 0 Å². The summed E-state index contributed by atoms with van der Waals surface area (Å²) in [5.41, 5.74) is 1.41. The Hall–Kier alpha value is -0.260. The summed E-state index contributed by atoms with van der Waals surface area (Å²) < 4.78 is 0. The van der Waals surface area contributed by atoms with E-state index in [2.05, 4.69) is 20.4 Å². The molecule has 0 radical (unpaired) electrons. The Morgan fingerprint density at radius 1 is 1.10 bits per heavy atom. The molecule has 0 saturated heterocycles. The minimum Gasteiger partial charge on any atom is -0.0999 e. The van der Waals surface area contributed by atoms with Gasteiger partial charge in [0.25, 0.3) is 0 Å². The van der Waals surface area contributed by atoms with Gasteiger partial charge in [0.2, 0.25) is 0 Å². The van der Waals surface area contributed by atoms with E-state index in [-0.39, 0.29) is 0 Å². The predicted molar refractivity (Wildman–Crippen MR) is 48.2 cm³/mol. The maximum absolute atomic E-state index is 3.97. The average molecular weight is 140 g/mol. The Bertz CT molecular complexity index is 82.0. The summed E-state index contributed by atoms with van der Waals surface area (Å²) in [5, 5.41) is 0. The molecule has 0 saturated carbocycles. The van der Waals surface area contributed by atoms with Crippen LogP contribution in [0.1, 0.15) is 52.4 Å². The molecule has 0 bridgehead atoms. The second kappa shape index (κ2) is 6.85. The first kappa shape index (κ1) is 9.74. The van der Waals surface area contributed by atoms with E-state index in [1.165, 1.54) is 37.7 Å². The van der Waals surface area contributed by atoms with Crippen molar-refractivity contribution < 1.29 is 0 Å². The summed E-state index contributed by atoms with van der Waals surface area (Å²) >= 11 is 0. The van der Waals surface area contributed by atoms with Crippen molar-refractivity contribution in [2.24, 2.45) is 0 Å². The van der Waals surface area contributed by atoms with E-state index >= 15 is 0 Å². The van der Waals surface area contributed by atoms with Crippen LogP contribution in [0.15, 0.2) is 12.2 Å². The molecule has 0 aromatic heterocycles. The van der Waals surface area contributed by atoms with Gasteiger partial charge in [-0.25, -0.2) is 0 Å². The van der Waals surface area contributed by atoms with Crippen molar-refractivity contribution in [1.29, 1.82) is 0 Å². The van der Waals surface area contributed by atoms with Gasteiger partial charge in [0, 0.05) is 0 Å². The highest BCUT2D eigenvalue weighted by atomic mass is 14.0. The molecule has 0 aromatic rings. The predicted octanol–water partition coefficient (Wildman–Crippen LogP) is 3.92. The first-order chi connectivity index (χ1) is 4.81. The Morgan fingerprint density at radius 2 is 1.80 bits per heavy atom. The number of hydrogen-bond donors (Lipinski definition) is 0. The Balaban J connectivity index is 2.96. The molecule has 60 valence electrons. The molecular weight excluding hydrogens is 120 g/mol. The van der Waals surface area contributed by atoms with Crippen LogP contribution in [-0.4, -0.2) is 0 Å². The molecule has 0 unspecified atom stereocenters. The summed E-state index contributed by atoms with van der Waals surface area (Å²) in [6, 6.07) is 0. The second-order valence-electron chi connectivity index (χ2n) is 2.91. The summed E-state index contributed by atoms with van der Waals surface area (Å²) in [4.78, 5) is 0. The van der Waals surface area contributed by atoms with E-state index in [0.29, 0.717) is 0 Å². The molecule has 0 N–H and O–H groups in total. The first-order valence-electron chi connectivity index (χ1n) is 4.47. The minimum absolute atomic E-state index is 1.16. The molecule has 10 heavy (non-hydrogen) atoms. The molecule has 0 nitrogen and oxygen atoms in total. The molecule has 0 aromatic carbocycles. The molecule has 0 heterocycles. The zero-order valence-electron chi connectivity index (χ0n) is 7.45. The van der Waals surface area contributed by atoms with E-state index in [9.17, 15) is 0 Å². The van der Waals surface area contributed by atoms with Crippen molar-refractivity contribution >= 4 is 0 Å². The van der Waals surface area contributed by atoms with Crippen LogP contribution in [0, 0.1) is 0 Å². The zero-order chi connectivity index (χ0) is 7.82. The number of allylic oxidation sites excluding steroid dienone is 1. The van der Waals surface area contributed by atoms with Gasteiger partial charge in [-0.2, -0.15) is 0 Å². The summed E-state index contributed by atoms with van der Waals surface area (Å²) in [6.07, 6.45) is 7.86. The average Bonchev–Trinajstić information content (AvgIpc) is 1.98. The van der Waals surface area contributed by atoms with Crippen molar-refractivity contribution in [2.75, 3.05) is 0 Å². The fourth-order valence-electron chi connectivity index (χ4n) is 0.979. The lowest BCUT2D eigenvalue weighted by Gasteiger charge is -2.00. The highest BCUT2D eigenvalue weighted by Crippen LogP contribution is 2.10. The van der Waals surface area contributed by atoms with E-state index in [1.807, 2.05) is 0 Å². The van der Waals surface area contributed by atoms with Crippen LogP contribution in [0.3, 0.4) is 0 Å². The molecular formula is C10H20. The first-order valence-corrected chi connectivity index (χ1v) is 4.47. The second-order valence-corrected chi connectivity index (χ2v) is 2.91. The maximum Gasteiger partial charge on any atom is -0.0323 e. The molecule has 0 heteroatoms. The SMILES string of the molecule is C=C(CC)CCCCCC. The Labute approximate surface area is 65.3 Å². The molecule has 0 rings (SSSR count). The smallest absolute Gasteiger partial charge is 0.0323 e. The van der Waals surface area contributed by atoms with E-state index in [4.69, 9.17) is 0 Å². The number of hydrogen-bond acceptors (Lipinski definition) is 0. The molecule has 0 aliphatic rings. The molecule has 0 aliphatic carbocycles. The summed E-state index contributed by atoms with van der Waals surface area (Å²) in [5.74, 6) is 0. The van der Waals surface area contributed by atoms with Crippen molar-refractivity contribution in [1.82, 2.24) is 0 Å². The number of rotatable bonds is 6. The van der Waals surface area contributed by atoms with Crippen LogP contribution >= 0.6 is 0 Å². The fraction of sp³-hybridized carbons (Fsp3) is 0.800. The van der Waals surface area contributed by atoms with Gasteiger partial charge in [-0.1, -0.05) is 45.3 Å². The topological polar surface area (TPSA) is 0 Å². The molecule has 0 spiro atoms. The van der Waals surface area contributed by atoms with Crippen LogP contribution in [0.5, 0.6) is 0 Å². The van der Waals surface area contributed by atoms with Crippen LogP contribution in [0.25, 0.3) is 0 Å². The Kier molecular flexibility index (Phi) is 6.68. The van der Waals surface area contributed by atoms with Crippen LogP contribution < -0.4 is 0 Å². The third kappa shape index (κ3) is 5.87. The summed E-state index contributed by atoms with van der Waals surface area (Å²) in [7, 11) is 0. The van der Waals surface area contributed by atoms with Crippen molar-refractivity contribution in [2.45, 2.75) is 52.4 Å². The maximum atomic E-state index is 3.97. The van der Waals surface area contributed by atoms with Crippen molar-refractivity contribution in [3.8, 4) is 0 Å². The van der Waals surface area contributed by atoms with Crippen molar-refractivity contribution in [3.05, 3.63) is 12.2 Å². The fourth-order valence-corrected chi connectivity index (χ4v) is 0.979. The molecule has 0 fully saturated rings. The number of unbranched alkanes of at least 4 members (excludes halogenated alkanes) is 3. The molecule has 0 amide bonds. The van der Waals surface area contributed by atoms with Crippen molar-refractivity contribution in [3.63, 3.8) is 0 Å². The van der Waals surface area contributed by atoms with Gasteiger partial charge < -0.3 is 0 Å². The van der Waals surface area contributed by atoms with Gasteiger partial charge in [0.15, 0.2) is 0 Å². The highest BCUT2D eigenvalue weighted by Gasteiger charge is 1.90. The zero-order valence-corrected chi connectivity index (χ0v) is 7.45.